The number of likely N-dealkylation sites (tertiary alicyclic amines) is 1. The van der Waals surface area contributed by atoms with E-state index in [0.29, 0.717) is 11.6 Å². The number of nitrogens with zero attached hydrogens (tertiary/aromatic N) is 1. The first-order valence-electron chi connectivity index (χ1n) is 5.37. The molecule has 2 aliphatic heterocycles. The van der Waals surface area contributed by atoms with Gasteiger partial charge in [0.2, 0.25) is 0 Å². The van der Waals surface area contributed by atoms with Crippen LogP contribution in [0.3, 0.4) is 0 Å². The third-order valence-electron chi connectivity index (χ3n) is 3.41. The van der Waals surface area contributed by atoms with Gasteiger partial charge in [0.1, 0.15) is 0 Å². The Morgan fingerprint density at radius 3 is 2.62 bits per heavy atom. The average Bonchev–Trinajstić information content (AvgIpc) is 2.11. The second-order valence-electron chi connectivity index (χ2n) is 4.76. The summed E-state index contributed by atoms with van der Waals surface area (Å²) in [6.45, 7) is 7.03. The summed E-state index contributed by atoms with van der Waals surface area (Å²) < 4.78 is 0. The summed E-state index contributed by atoms with van der Waals surface area (Å²) >= 11 is 0. The van der Waals surface area contributed by atoms with Gasteiger partial charge >= 0.3 is 0 Å². The van der Waals surface area contributed by atoms with E-state index in [2.05, 4.69) is 29.5 Å². The molecule has 0 aromatic rings. The lowest BCUT2D eigenvalue weighted by Gasteiger charge is -2.46. The smallest absolute Gasteiger partial charge is 0.0333 e. The molecule has 2 heterocycles. The van der Waals surface area contributed by atoms with Crippen molar-refractivity contribution in [3.63, 3.8) is 0 Å². The lowest BCUT2D eigenvalue weighted by molar-refractivity contribution is 0.123. The van der Waals surface area contributed by atoms with Crippen molar-refractivity contribution >= 4 is 0 Å². The van der Waals surface area contributed by atoms with E-state index < -0.39 is 0 Å². The van der Waals surface area contributed by atoms with Crippen LogP contribution in [-0.4, -0.2) is 49.7 Å². The Hall–Kier alpha value is -0.120. The molecule has 0 aliphatic carbocycles. The van der Waals surface area contributed by atoms with Crippen LogP contribution in [0.1, 0.15) is 19.8 Å². The molecule has 1 atom stereocenters. The number of piperidine rings is 1. The molecule has 2 N–H and O–H groups in total. The summed E-state index contributed by atoms with van der Waals surface area (Å²) in [5.74, 6) is 0. The zero-order valence-electron chi connectivity index (χ0n) is 8.77. The zero-order valence-corrected chi connectivity index (χ0v) is 8.77. The average molecular weight is 183 g/mol. The Balaban J connectivity index is 1.95. The fourth-order valence-corrected chi connectivity index (χ4v) is 2.52. The molecule has 0 bridgehead atoms. The highest BCUT2D eigenvalue weighted by Gasteiger charge is 2.36. The van der Waals surface area contributed by atoms with E-state index >= 15 is 0 Å². The molecule has 0 amide bonds. The molecule has 0 saturated carbocycles. The van der Waals surface area contributed by atoms with Crippen LogP contribution in [0.25, 0.3) is 0 Å². The molecular weight excluding hydrogens is 162 g/mol. The number of hydrogen-bond donors (Lipinski definition) is 2. The van der Waals surface area contributed by atoms with E-state index in [1.54, 1.807) is 0 Å². The monoisotopic (exact) mass is 183 g/mol. The van der Waals surface area contributed by atoms with Crippen molar-refractivity contribution < 1.29 is 0 Å². The summed E-state index contributed by atoms with van der Waals surface area (Å²) in [6, 6.07) is 0.636. The molecule has 2 saturated heterocycles. The number of rotatable bonds is 0. The van der Waals surface area contributed by atoms with E-state index in [1.807, 2.05) is 0 Å². The van der Waals surface area contributed by atoms with Gasteiger partial charge in [-0.05, 0) is 39.9 Å². The van der Waals surface area contributed by atoms with E-state index in [1.165, 1.54) is 25.9 Å². The Kier molecular flexibility index (Phi) is 2.58. The molecule has 2 aliphatic rings. The van der Waals surface area contributed by atoms with Crippen molar-refractivity contribution in [3.8, 4) is 0 Å². The maximum absolute atomic E-state index is 3.76. The molecule has 76 valence electrons. The first-order valence-corrected chi connectivity index (χ1v) is 5.37. The van der Waals surface area contributed by atoms with Gasteiger partial charge in [-0.3, -0.25) is 0 Å². The van der Waals surface area contributed by atoms with Crippen molar-refractivity contribution in [2.75, 3.05) is 33.2 Å². The van der Waals surface area contributed by atoms with Crippen LogP contribution < -0.4 is 10.6 Å². The summed E-state index contributed by atoms with van der Waals surface area (Å²) in [5.41, 5.74) is 0.407. The second kappa shape index (κ2) is 3.56. The van der Waals surface area contributed by atoms with Crippen LogP contribution in [0.5, 0.6) is 0 Å². The van der Waals surface area contributed by atoms with E-state index in [-0.39, 0.29) is 0 Å². The molecule has 2 rings (SSSR count). The Morgan fingerprint density at radius 1 is 1.31 bits per heavy atom. The largest absolute Gasteiger partial charge is 0.313 e. The van der Waals surface area contributed by atoms with Crippen molar-refractivity contribution in [1.29, 1.82) is 0 Å². The minimum absolute atomic E-state index is 0.407. The van der Waals surface area contributed by atoms with Gasteiger partial charge in [0.15, 0.2) is 0 Å². The maximum Gasteiger partial charge on any atom is 0.0333 e. The highest BCUT2D eigenvalue weighted by molar-refractivity contribution is 4.99. The van der Waals surface area contributed by atoms with Crippen molar-refractivity contribution in [2.45, 2.75) is 31.3 Å². The number of hydrogen-bond acceptors (Lipinski definition) is 3. The lowest BCUT2D eigenvalue weighted by Crippen LogP contribution is -2.65. The molecule has 3 heteroatoms. The fourth-order valence-electron chi connectivity index (χ4n) is 2.52. The fraction of sp³-hybridized carbons (Fsp3) is 1.00. The predicted molar refractivity (Wildman–Crippen MR) is 54.9 cm³/mol. The molecule has 0 radical (unpaired) electrons. The first kappa shape index (κ1) is 9.44. The Labute approximate surface area is 80.9 Å². The van der Waals surface area contributed by atoms with Gasteiger partial charge in [-0.15, -0.1) is 0 Å². The summed E-state index contributed by atoms with van der Waals surface area (Å²) in [6.07, 6.45) is 2.58. The van der Waals surface area contributed by atoms with E-state index in [4.69, 9.17) is 0 Å². The predicted octanol–water partition coefficient (Wildman–Crippen LogP) is 0.0321. The number of nitrogens with one attached hydrogen (secondary N) is 2. The normalized spacial score (nSPS) is 35.1. The van der Waals surface area contributed by atoms with Crippen LogP contribution in [0.2, 0.25) is 0 Å². The van der Waals surface area contributed by atoms with Crippen LogP contribution in [0, 0.1) is 0 Å². The summed E-state index contributed by atoms with van der Waals surface area (Å²) in [4.78, 5) is 2.42. The first-order chi connectivity index (χ1) is 6.20. The van der Waals surface area contributed by atoms with Gasteiger partial charge in [0.25, 0.3) is 0 Å². The molecule has 0 aromatic carbocycles. The molecular formula is C10H21N3. The minimum Gasteiger partial charge on any atom is -0.313 e. The Morgan fingerprint density at radius 2 is 2.00 bits per heavy atom. The van der Waals surface area contributed by atoms with Gasteiger partial charge < -0.3 is 15.5 Å². The lowest BCUT2D eigenvalue weighted by atomic mass is 9.85. The van der Waals surface area contributed by atoms with E-state index in [9.17, 15) is 0 Å². The summed E-state index contributed by atoms with van der Waals surface area (Å²) in [5, 5.41) is 7.29. The van der Waals surface area contributed by atoms with Crippen LogP contribution in [0.4, 0.5) is 0 Å². The minimum atomic E-state index is 0.407. The van der Waals surface area contributed by atoms with Gasteiger partial charge in [0.05, 0.1) is 0 Å². The Bertz CT molecular complexity index is 173. The number of piperazine rings is 1. The SMILES string of the molecule is CC1CNCC2(CCN(C)CC2)N1. The third kappa shape index (κ3) is 2.03. The highest BCUT2D eigenvalue weighted by Crippen LogP contribution is 2.23. The van der Waals surface area contributed by atoms with Gasteiger partial charge in [-0.2, -0.15) is 0 Å². The van der Waals surface area contributed by atoms with Crippen molar-refractivity contribution in [2.24, 2.45) is 0 Å². The van der Waals surface area contributed by atoms with E-state index in [0.717, 1.165) is 13.1 Å². The molecule has 1 spiro atoms. The van der Waals surface area contributed by atoms with Crippen LogP contribution in [0.15, 0.2) is 0 Å². The van der Waals surface area contributed by atoms with Crippen LogP contribution >= 0.6 is 0 Å². The highest BCUT2D eigenvalue weighted by atomic mass is 15.2. The second-order valence-corrected chi connectivity index (χ2v) is 4.76. The molecule has 0 aromatic heterocycles. The summed E-state index contributed by atoms with van der Waals surface area (Å²) in [7, 11) is 2.21. The van der Waals surface area contributed by atoms with Gasteiger partial charge in [0, 0.05) is 24.7 Å². The molecule has 1 unspecified atom stereocenters. The molecule has 3 nitrogen and oxygen atoms in total. The third-order valence-corrected chi connectivity index (χ3v) is 3.41. The standard InChI is InChI=1S/C10H21N3/c1-9-7-11-8-10(12-9)3-5-13(2)6-4-10/h9,11-12H,3-8H2,1-2H3. The van der Waals surface area contributed by atoms with Crippen molar-refractivity contribution in [3.05, 3.63) is 0 Å². The van der Waals surface area contributed by atoms with Gasteiger partial charge in [-0.1, -0.05) is 0 Å². The molecule has 13 heavy (non-hydrogen) atoms. The topological polar surface area (TPSA) is 27.3 Å². The quantitative estimate of drug-likeness (QED) is 0.555. The molecule has 2 fully saturated rings. The van der Waals surface area contributed by atoms with Crippen molar-refractivity contribution in [1.82, 2.24) is 15.5 Å². The van der Waals surface area contributed by atoms with Gasteiger partial charge in [-0.25, -0.2) is 0 Å². The maximum atomic E-state index is 3.76. The zero-order chi connectivity index (χ0) is 9.31. The van der Waals surface area contributed by atoms with Crippen LogP contribution in [-0.2, 0) is 0 Å².